The topological polar surface area (TPSA) is 66.9 Å². The number of thioether (sulfide) groups is 1. The molecule has 4 heterocycles. The Bertz CT molecular complexity index is 722. The molecule has 5 nitrogen and oxygen atoms in total. The average Bonchev–Trinajstić information content (AvgIpc) is 2.53. The molecule has 7 heteroatoms. The van der Waals surface area contributed by atoms with Gasteiger partial charge in [-0.2, -0.15) is 4.98 Å². The van der Waals surface area contributed by atoms with Crippen LogP contribution in [0.15, 0.2) is 45.4 Å². The molecule has 0 aliphatic carbocycles. The van der Waals surface area contributed by atoms with Gasteiger partial charge in [0.25, 0.3) is 10.9 Å². The maximum atomic E-state index is 11.9. The number of hydrogen-bond donors (Lipinski definition) is 2. The molecule has 2 N–H and O–H groups in total. The average molecular weight is 317 g/mol. The molecule has 21 heavy (non-hydrogen) atoms. The van der Waals surface area contributed by atoms with E-state index in [1.807, 2.05) is 30.1 Å². The zero-order chi connectivity index (χ0) is 14.2. The predicted molar refractivity (Wildman–Crippen MR) is 85.1 cm³/mol. The quantitative estimate of drug-likeness (QED) is 0.787. The number of anilines is 2. The first-order chi connectivity index (χ1) is 10.3. The van der Waals surface area contributed by atoms with Crippen LogP contribution >= 0.6 is 11.8 Å². The van der Waals surface area contributed by atoms with E-state index in [4.69, 9.17) is 4.98 Å². The van der Waals surface area contributed by atoms with Crippen LogP contribution in [0, 0.1) is 0 Å². The van der Waals surface area contributed by atoms with E-state index in [-0.39, 0.29) is 16.8 Å². The second-order valence-corrected chi connectivity index (χ2v) is 7.79. The van der Waals surface area contributed by atoms with Crippen LogP contribution in [0.5, 0.6) is 0 Å². The maximum absolute atomic E-state index is 11.9. The Balaban J connectivity index is 1.78. The minimum atomic E-state index is -0.346. The lowest BCUT2D eigenvalue weighted by atomic mass is 10.4. The fourth-order valence-corrected chi connectivity index (χ4v) is 5.11. The molecule has 0 saturated heterocycles. The number of amides is 1. The minimum Gasteiger partial charge on any atom is -0.368 e. The monoisotopic (exact) mass is 317 g/mol. The van der Waals surface area contributed by atoms with Crippen molar-refractivity contribution in [1.29, 1.82) is 0 Å². The molecule has 0 saturated carbocycles. The van der Waals surface area contributed by atoms with Gasteiger partial charge in [0.2, 0.25) is 4.90 Å². The molecule has 2 aromatic rings. The SMILES string of the molecule is O=C1C[S+](c2ccc3c(n2)NCCS3)c2cnccc2N1. The van der Waals surface area contributed by atoms with Gasteiger partial charge in [0.1, 0.15) is 11.5 Å². The van der Waals surface area contributed by atoms with Gasteiger partial charge in [-0.05, 0) is 12.1 Å². The van der Waals surface area contributed by atoms with E-state index in [0.717, 1.165) is 33.7 Å². The number of rotatable bonds is 1. The molecule has 1 unspecified atom stereocenters. The summed E-state index contributed by atoms with van der Waals surface area (Å²) >= 11 is 1.82. The highest BCUT2D eigenvalue weighted by molar-refractivity contribution is 7.99. The van der Waals surface area contributed by atoms with Gasteiger partial charge < -0.3 is 10.6 Å². The van der Waals surface area contributed by atoms with Crippen molar-refractivity contribution in [2.24, 2.45) is 0 Å². The van der Waals surface area contributed by atoms with Crippen LogP contribution in [-0.2, 0) is 15.7 Å². The highest BCUT2D eigenvalue weighted by Crippen LogP contribution is 2.35. The summed E-state index contributed by atoms with van der Waals surface area (Å²) in [5.74, 6) is 2.48. The third kappa shape index (κ3) is 2.36. The zero-order valence-electron chi connectivity index (χ0n) is 11.1. The number of aromatic nitrogens is 2. The number of fused-ring (bicyclic) bond motifs is 2. The second kappa shape index (κ2) is 5.23. The molecule has 0 spiro atoms. The number of pyridine rings is 2. The van der Waals surface area contributed by atoms with Crippen molar-refractivity contribution in [1.82, 2.24) is 9.97 Å². The molecule has 0 bridgehead atoms. The summed E-state index contributed by atoms with van der Waals surface area (Å²) in [7, 11) is -0.346. The molecule has 106 valence electrons. The van der Waals surface area contributed by atoms with Crippen LogP contribution < -0.4 is 10.6 Å². The van der Waals surface area contributed by atoms with Crippen molar-refractivity contribution in [3.05, 3.63) is 30.6 Å². The molecule has 0 fully saturated rings. The van der Waals surface area contributed by atoms with Crippen LogP contribution in [0.2, 0.25) is 0 Å². The number of carbonyl (C=O) groups is 1. The normalized spacial score (nSPS) is 20.0. The van der Waals surface area contributed by atoms with Crippen molar-refractivity contribution < 1.29 is 4.79 Å². The van der Waals surface area contributed by atoms with E-state index in [1.165, 1.54) is 4.90 Å². The van der Waals surface area contributed by atoms with Gasteiger partial charge in [-0.1, -0.05) is 0 Å². The lowest BCUT2D eigenvalue weighted by Crippen LogP contribution is -2.30. The second-order valence-electron chi connectivity index (χ2n) is 4.73. The summed E-state index contributed by atoms with van der Waals surface area (Å²) in [5.41, 5.74) is 0.853. The molecule has 2 aliphatic rings. The summed E-state index contributed by atoms with van der Waals surface area (Å²) in [5, 5.41) is 7.19. The third-order valence-electron chi connectivity index (χ3n) is 3.34. The molecule has 0 aromatic carbocycles. The minimum absolute atomic E-state index is 0.0406. The fourth-order valence-electron chi connectivity index (χ4n) is 2.40. The standard InChI is InChI=1S/C14H12N4OS2/c19-12-8-21(11-7-15-4-3-9(11)17-12)13-2-1-10-14(18-13)16-5-6-20-10/h1-4,7H,5-6,8H2,(H-,15,16,17,18,19)/p+1. The molecule has 4 rings (SSSR count). The lowest BCUT2D eigenvalue weighted by Gasteiger charge is -2.19. The molecule has 1 amide bonds. The van der Waals surface area contributed by atoms with Crippen molar-refractivity contribution in [3.63, 3.8) is 0 Å². The van der Waals surface area contributed by atoms with Crippen molar-refractivity contribution in [2.75, 3.05) is 28.7 Å². The molecular weight excluding hydrogens is 304 g/mol. The van der Waals surface area contributed by atoms with Crippen LogP contribution in [0.4, 0.5) is 11.5 Å². The Morgan fingerprint density at radius 1 is 1.29 bits per heavy atom. The Labute approximate surface area is 129 Å². The molecule has 0 radical (unpaired) electrons. The maximum Gasteiger partial charge on any atom is 0.275 e. The Morgan fingerprint density at radius 3 is 3.19 bits per heavy atom. The van der Waals surface area contributed by atoms with E-state index in [2.05, 4.69) is 21.7 Å². The van der Waals surface area contributed by atoms with E-state index in [9.17, 15) is 4.79 Å². The number of nitrogens with one attached hydrogen (secondary N) is 2. The molecule has 2 aliphatic heterocycles. The van der Waals surface area contributed by atoms with Crippen LogP contribution in [0.3, 0.4) is 0 Å². The Morgan fingerprint density at radius 2 is 2.24 bits per heavy atom. The highest BCUT2D eigenvalue weighted by Gasteiger charge is 2.38. The first-order valence-corrected chi connectivity index (χ1v) is 9.02. The Hall–Kier alpha value is -1.73. The predicted octanol–water partition coefficient (Wildman–Crippen LogP) is 1.98. The van der Waals surface area contributed by atoms with Gasteiger partial charge in [0, 0.05) is 24.6 Å². The fraction of sp³-hybridized carbons (Fsp3) is 0.214. The van der Waals surface area contributed by atoms with E-state index < -0.39 is 0 Å². The van der Waals surface area contributed by atoms with Crippen molar-refractivity contribution in [3.8, 4) is 0 Å². The summed E-state index contributed by atoms with van der Waals surface area (Å²) < 4.78 is 0. The summed E-state index contributed by atoms with van der Waals surface area (Å²) in [4.78, 5) is 23.1. The summed E-state index contributed by atoms with van der Waals surface area (Å²) in [6.45, 7) is 0.931. The van der Waals surface area contributed by atoms with Crippen molar-refractivity contribution in [2.45, 2.75) is 14.8 Å². The third-order valence-corrected chi connectivity index (χ3v) is 6.52. The largest absolute Gasteiger partial charge is 0.368 e. The number of carbonyl (C=O) groups excluding carboxylic acids is 1. The molecule has 2 aromatic heterocycles. The van der Waals surface area contributed by atoms with E-state index in [0.29, 0.717) is 5.75 Å². The smallest absolute Gasteiger partial charge is 0.275 e. The summed E-state index contributed by atoms with van der Waals surface area (Å²) in [6.07, 6.45) is 3.53. The zero-order valence-corrected chi connectivity index (χ0v) is 12.8. The van der Waals surface area contributed by atoms with Gasteiger partial charge in [0.05, 0.1) is 22.0 Å². The van der Waals surface area contributed by atoms with E-state index in [1.54, 1.807) is 6.20 Å². The van der Waals surface area contributed by atoms with Gasteiger partial charge in [0.15, 0.2) is 5.75 Å². The van der Waals surface area contributed by atoms with Gasteiger partial charge in [-0.15, -0.1) is 11.8 Å². The first-order valence-electron chi connectivity index (χ1n) is 6.64. The highest BCUT2D eigenvalue weighted by atomic mass is 32.2. The number of hydrogen-bond acceptors (Lipinski definition) is 5. The van der Waals surface area contributed by atoms with Crippen LogP contribution in [-0.4, -0.2) is 33.9 Å². The van der Waals surface area contributed by atoms with Crippen LogP contribution in [0.1, 0.15) is 0 Å². The first kappa shape index (κ1) is 13.0. The number of nitrogens with zero attached hydrogens (tertiary/aromatic N) is 2. The van der Waals surface area contributed by atoms with E-state index >= 15 is 0 Å². The van der Waals surface area contributed by atoms with Gasteiger partial charge in [-0.3, -0.25) is 9.78 Å². The molecular formula is C14H13N4OS2+. The summed E-state index contributed by atoms with van der Waals surface area (Å²) in [6, 6.07) is 5.99. The van der Waals surface area contributed by atoms with Gasteiger partial charge >= 0.3 is 0 Å². The molecule has 1 atom stereocenters. The van der Waals surface area contributed by atoms with Gasteiger partial charge in [-0.25, -0.2) is 0 Å². The Kier molecular flexibility index (Phi) is 3.23. The lowest BCUT2D eigenvalue weighted by molar-refractivity contribution is -0.113. The van der Waals surface area contributed by atoms with Crippen LogP contribution in [0.25, 0.3) is 0 Å². The van der Waals surface area contributed by atoms with Crippen molar-refractivity contribution >= 4 is 40.1 Å².